The second kappa shape index (κ2) is 8.88. The molecule has 0 saturated carbocycles. The molecule has 1 N–H and O–H groups in total. The van der Waals surface area contributed by atoms with Crippen molar-refractivity contribution in [3.05, 3.63) is 53.1 Å². The van der Waals surface area contributed by atoms with Gasteiger partial charge in [0.05, 0.1) is 7.11 Å². The number of hydrogen-bond acceptors (Lipinski definition) is 3. The van der Waals surface area contributed by atoms with Crippen molar-refractivity contribution >= 4 is 13.9 Å². The summed E-state index contributed by atoms with van der Waals surface area (Å²) in [6.45, 7) is 7.57. The highest BCUT2D eigenvalue weighted by Gasteiger charge is 2.33. The smallest absolute Gasteiger partial charge is 0.161 e. The Bertz CT molecular complexity index is 739. The van der Waals surface area contributed by atoms with Crippen LogP contribution in [0.25, 0.3) is 0 Å². The predicted octanol–water partition coefficient (Wildman–Crippen LogP) is 4.79. The molecule has 0 radical (unpaired) electrons. The van der Waals surface area contributed by atoms with E-state index in [0.29, 0.717) is 14.3 Å². The lowest BCUT2D eigenvalue weighted by atomic mass is 9.91. The van der Waals surface area contributed by atoms with Gasteiger partial charge in [-0.05, 0) is 56.4 Å². The molecule has 26 heavy (non-hydrogen) atoms. The van der Waals surface area contributed by atoms with Crippen LogP contribution >= 0.6 is 8.58 Å². The summed E-state index contributed by atoms with van der Waals surface area (Å²) in [4.78, 5) is 2.21. The Morgan fingerprint density at radius 3 is 2.31 bits per heavy atom. The van der Waals surface area contributed by atoms with Gasteiger partial charge in [-0.25, -0.2) is 0 Å². The third-order valence-corrected chi connectivity index (χ3v) is 7.57. The molecule has 0 aromatic heterocycles. The lowest BCUT2D eigenvalue weighted by Gasteiger charge is -2.35. The van der Waals surface area contributed by atoms with Crippen LogP contribution in [-0.2, 0) is 11.7 Å². The molecule has 0 aliphatic heterocycles. The standard InChI is InChI=1S/C22H32NO2P/c1-7-22(8-2,18-13-10-14-19(25-6)20(18)24)26-21-16(3)11-9-12-17(21)15-23(4)5/h9-14,24,26H,7-8,15H2,1-6H3. The minimum absolute atomic E-state index is 0.0915. The number of aromatic hydroxyl groups is 1. The number of methoxy groups -OCH3 is 1. The van der Waals surface area contributed by atoms with Gasteiger partial charge < -0.3 is 14.7 Å². The number of ether oxygens (including phenoxy) is 1. The lowest BCUT2D eigenvalue weighted by Crippen LogP contribution is -2.26. The summed E-state index contributed by atoms with van der Waals surface area (Å²) in [6.07, 6.45) is 1.94. The zero-order chi connectivity index (χ0) is 19.3. The van der Waals surface area contributed by atoms with Crippen molar-refractivity contribution in [2.24, 2.45) is 0 Å². The zero-order valence-electron chi connectivity index (χ0n) is 16.9. The van der Waals surface area contributed by atoms with Gasteiger partial charge in [-0.1, -0.05) is 52.8 Å². The van der Waals surface area contributed by atoms with E-state index in [9.17, 15) is 5.11 Å². The number of phenolic OH excluding ortho intramolecular Hbond substituents is 1. The van der Waals surface area contributed by atoms with Crippen LogP contribution in [0.4, 0.5) is 0 Å². The Morgan fingerprint density at radius 2 is 1.73 bits per heavy atom. The highest BCUT2D eigenvalue weighted by atomic mass is 31.1. The number of benzene rings is 2. The second-order valence-electron chi connectivity index (χ2n) is 7.12. The van der Waals surface area contributed by atoms with Gasteiger partial charge in [-0.3, -0.25) is 0 Å². The summed E-state index contributed by atoms with van der Waals surface area (Å²) in [5, 5.41) is 12.2. The van der Waals surface area contributed by atoms with Crippen molar-refractivity contribution in [2.75, 3.05) is 21.2 Å². The van der Waals surface area contributed by atoms with Crippen LogP contribution < -0.4 is 10.0 Å². The number of aryl methyl sites for hydroxylation is 1. The summed E-state index contributed by atoms with van der Waals surface area (Å²) in [5.41, 5.74) is 3.71. The SMILES string of the molecule is CCC(CC)(Pc1c(C)cccc1CN(C)C)c1cccc(OC)c1O. The van der Waals surface area contributed by atoms with E-state index in [4.69, 9.17) is 4.74 Å². The van der Waals surface area contributed by atoms with Crippen molar-refractivity contribution in [3.8, 4) is 11.5 Å². The molecule has 0 fully saturated rings. The van der Waals surface area contributed by atoms with E-state index in [2.05, 4.69) is 64.0 Å². The van der Waals surface area contributed by atoms with Crippen LogP contribution in [0.2, 0.25) is 0 Å². The molecule has 0 aliphatic rings. The quantitative estimate of drug-likeness (QED) is 0.675. The number of rotatable bonds is 8. The van der Waals surface area contributed by atoms with Crippen LogP contribution in [0, 0.1) is 6.92 Å². The largest absolute Gasteiger partial charge is 0.504 e. The number of para-hydroxylation sites is 1. The Morgan fingerprint density at radius 1 is 1.08 bits per heavy atom. The highest BCUT2D eigenvalue weighted by Crippen LogP contribution is 2.52. The molecule has 142 valence electrons. The fourth-order valence-corrected chi connectivity index (χ4v) is 5.34. The van der Waals surface area contributed by atoms with Crippen molar-refractivity contribution in [2.45, 2.75) is 45.3 Å². The summed E-state index contributed by atoms with van der Waals surface area (Å²) in [5.74, 6) is 0.839. The first-order chi connectivity index (χ1) is 12.4. The van der Waals surface area contributed by atoms with Crippen LogP contribution in [0.1, 0.15) is 43.4 Å². The van der Waals surface area contributed by atoms with E-state index in [-0.39, 0.29) is 10.9 Å². The van der Waals surface area contributed by atoms with Gasteiger partial charge in [-0.15, -0.1) is 0 Å². The molecule has 1 unspecified atom stereocenters. The minimum atomic E-state index is -0.0915. The fraction of sp³-hybridized carbons (Fsp3) is 0.455. The summed E-state index contributed by atoms with van der Waals surface area (Å²) < 4.78 is 5.37. The molecule has 0 bridgehead atoms. The van der Waals surface area contributed by atoms with Crippen LogP contribution in [0.3, 0.4) is 0 Å². The van der Waals surface area contributed by atoms with Gasteiger partial charge in [0.15, 0.2) is 11.5 Å². The molecule has 4 heteroatoms. The maximum Gasteiger partial charge on any atom is 0.161 e. The van der Waals surface area contributed by atoms with E-state index < -0.39 is 0 Å². The molecule has 0 heterocycles. The molecule has 3 nitrogen and oxygen atoms in total. The molecule has 2 aromatic carbocycles. The normalized spacial score (nSPS) is 12.3. The third kappa shape index (κ3) is 4.22. The van der Waals surface area contributed by atoms with Gasteiger partial charge in [-0.2, -0.15) is 0 Å². The van der Waals surface area contributed by atoms with Crippen molar-refractivity contribution in [1.82, 2.24) is 4.90 Å². The van der Waals surface area contributed by atoms with Crippen molar-refractivity contribution in [3.63, 3.8) is 0 Å². The Hall–Kier alpha value is -1.57. The van der Waals surface area contributed by atoms with E-state index in [1.807, 2.05) is 12.1 Å². The van der Waals surface area contributed by atoms with Gasteiger partial charge in [0.25, 0.3) is 0 Å². The van der Waals surface area contributed by atoms with Gasteiger partial charge in [0.1, 0.15) is 0 Å². The first-order valence-corrected chi connectivity index (χ1v) is 10.3. The Balaban J connectivity index is 2.56. The van der Waals surface area contributed by atoms with Crippen LogP contribution in [0.5, 0.6) is 11.5 Å². The average Bonchev–Trinajstić information content (AvgIpc) is 2.62. The predicted molar refractivity (Wildman–Crippen MR) is 113 cm³/mol. The molecule has 0 aliphatic carbocycles. The Kier molecular flexibility index (Phi) is 7.08. The van der Waals surface area contributed by atoms with Crippen molar-refractivity contribution in [1.29, 1.82) is 0 Å². The Labute approximate surface area is 160 Å². The molecule has 1 atom stereocenters. The van der Waals surface area contributed by atoms with E-state index in [0.717, 1.165) is 24.9 Å². The lowest BCUT2D eigenvalue weighted by molar-refractivity contribution is 0.365. The first kappa shape index (κ1) is 20.7. The molecule has 2 aromatic rings. The monoisotopic (exact) mass is 373 g/mol. The molecule has 2 rings (SSSR count). The summed E-state index contributed by atoms with van der Waals surface area (Å²) in [7, 11) is 6.42. The van der Waals surface area contributed by atoms with E-state index in [1.165, 1.54) is 16.4 Å². The topological polar surface area (TPSA) is 32.7 Å². The average molecular weight is 373 g/mol. The third-order valence-electron chi connectivity index (χ3n) is 5.15. The summed E-state index contributed by atoms with van der Waals surface area (Å²) in [6, 6.07) is 12.4. The number of nitrogens with zero attached hydrogens (tertiary/aromatic N) is 1. The molecular weight excluding hydrogens is 341 g/mol. The van der Waals surface area contributed by atoms with E-state index in [1.54, 1.807) is 7.11 Å². The minimum Gasteiger partial charge on any atom is -0.504 e. The number of hydrogen-bond donors (Lipinski definition) is 1. The molecule has 0 saturated heterocycles. The summed E-state index contributed by atoms with van der Waals surface area (Å²) >= 11 is 0. The van der Waals surface area contributed by atoms with Gasteiger partial charge in [0, 0.05) is 17.3 Å². The van der Waals surface area contributed by atoms with Gasteiger partial charge >= 0.3 is 0 Å². The molecule has 0 spiro atoms. The van der Waals surface area contributed by atoms with Crippen LogP contribution in [0.15, 0.2) is 36.4 Å². The maximum absolute atomic E-state index is 10.8. The second-order valence-corrected chi connectivity index (χ2v) is 8.82. The molecule has 0 amide bonds. The maximum atomic E-state index is 10.8. The fourth-order valence-electron chi connectivity index (χ4n) is 3.57. The zero-order valence-corrected chi connectivity index (χ0v) is 17.9. The van der Waals surface area contributed by atoms with E-state index >= 15 is 0 Å². The van der Waals surface area contributed by atoms with Crippen LogP contribution in [-0.4, -0.2) is 31.2 Å². The first-order valence-electron chi connectivity index (χ1n) is 9.26. The highest BCUT2D eigenvalue weighted by molar-refractivity contribution is 7.48. The van der Waals surface area contributed by atoms with Gasteiger partial charge in [0.2, 0.25) is 0 Å². The molecular formula is C22H32NO2P. The number of phenols is 1. The van der Waals surface area contributed by atoms with Crippen molar-refractivity contribution < 1.29 is 9.84 Å².